The maximum atomic E-state index is 12.3. The van der Waals surface area contributed by atoms with Gasteiger partial charge in [0, 0.05) is 6.07 Å². The molecule has 0 aliphatic heterocycles. The lowest BCUT2D eigenvalue weighted by molar-refractivity contribution is -0.621. The molecule has 1 aromatic carbocycles. The molecule has 0 spiro atoms. The van der Waals surface area contributed by atoms with Crippen LogP contribution in [0.4, 0.5) is 5.69 Å². The van der Waals surface area contributed by atoms with Crippen LogP contribution in [0, 0.1) is 27.2 Å². The largest absolute Gasteiger partial charge is 0.390 e. The minimum absolute atomic E-state index is 0.266. The maximum absolute atomic E-state index is 12.3. The summed E-state index contributed by atoms with van der Waals surface area (Å²) in [5, 5.41) is 30.0. The lowest BCUT2D eigenvalue weighted by atomic mass is 10.2. The monoisotopic (exact) mass is 353 g/mol. The third-order valence-electron chi connectivity index (χ3n) is 2.59. The van der Waals surface area contributed by atoms with Gasteiger partial charge in [0.15, 0.2) is 9.93 Å². The molecule has 0 radical (unpaired) electrons. The molecule has 0 amide bonds. The smallest absolute Gasteiger partial charge is 0.320 e. The molecular weight excluding hydrogens is 342 g/mol. The maximum Gasteiger partial charge on any atom is 0.320 e. The second kappa shape index (κ2) is 6.85. The molecule has 0 saturated heterocycles. The molecule has 1 aromatic rings. The highest BCUT2D eigenvalue weighted by Crippen LogP contribution is 2.27. The molecule has 1 rings (SSSR count). The van der Waals surface area contributed by atoms with Crippen molar-refractivity contribution in [2.75, 3.05) is 12.4 Å². The quantitative estimate of drug-likeness (QED) is 0.431. The van der Waals surface area contributed by atoms with Crippen LogP contribution in [-0.4, -0.2) is 46.4 Å². The summed E-state index contributed by atoms with van der Waals surface area (Å²) in [5.74, 6) is -0.435. The molecule has 12 heteroatoms. The Hall–Kier alpha value is -1.98. The SMILES string of the molecule is Cc1ccc(S(=O)(=O)N(CC(O)CCl)[N+](=O)[O-])c([N+](=O)[O-])c1. The standard InChI is InChI=1S/C10H12ClN3O7S/c1-7-2-3-10(9(4-7)13(16)17)22(20,21)12(14(18)19)6-8(15)5-11/h2-4,8,15H,5-6H2,1H3. The summed E-state index contributed by atoms with van der Waals surface area (Å²) in [5.41, 5.74) is -0.369. The second-order valence-electron chi connectivity index (χ2n) is 4.28. The van der Waals surface area contributed by atoms with Gasteiger partial charge in [-0.2, -0.15) is 8.42 Å². The average Bonchev–Trinajstić information content (AvgIpc) is 2.43. The topological polar surface area (TPSA) is 144 Å². The first-order valence-electron chi connectivity index (χ1n) is 5.77. The first-order valence-corrected chi connectivity index (χ1v) is 7.74. The zero-order valence-electron chi connectivity index (χ0n) is 11.2. The van der Waals surface area contributed by atoms with Gasteiger partial charge in [-0.25, -0.2) is 10.1 Å². The van der Waals surface area contributed by atoms with Crippen molar-refractivity contribution >= 4 is 27.3 Å². The van der Waals surface area contributed by atoms with Crippen molar-refractivity contribution in [1.82, 2.24) is 4.41 Å². The number of rotatable bonds is 7. The Balaban J connectivity index is 3.44. The summed E-state index contributed by atoms with van der Waals surface area (Å²) in [6, 6.07) is 3.17. The van der Waals surface area contributed by atoms with Gasteiger partial charge < -0.3 is 5.11 Å². The van der Waals surface area contributed by atoms with Crippen molar-refractivity contribution in [2.24, 2.45) is 0 Å². The molecule has 122 valence electrons. The number of benzene rings is 1. The highest BCUT2D eigenvalue weighted by Gasteiger charge is 2.39. The first kappa shape index (κ1) is 18.1. The zero-order valence-corrected chi connectivity index (χ0v) is 12.8. The minimum atomic E-state index is -4.82. The number of nitro groups is 2. The van der Waals surface area contributed by atoms with Crippen LogP contribution < -0.4 is 0 Å². The molecule has 0 fully saturated rings. The number of aryl methyl sites for hydroxylation is 1. The minimum Gasteiger partial charge on any atom is -0.390 e. The van der Waals surface area contributed by atoms with Crippen molar-refractivity contribution < 1.29 is 23.5 Å². The summed E-state index contributed by atoms with van der Waals surface area (Å²) in [7, 11) is -4.82. The van der Waals surface area contributed by atoms with E-state index in [1.165, 1.54) is 13.0 Å². The summed E-state index contributed by atoms with van der Waals surface area (Å²) in [6.45, 7) is 0.579. The summed E-state index contributed by atoms with van der Waals surface area (Å²) in [4.78, 5) is 20.1. The molecule has 0 heterocycles. The van der Waals surface area contributed by atoms with Crippen molar-refractivity contribution in [1.29, 1.82) is 0 Å². The molecule has 0 aliphatic rings. The van der Waals surface area contributed by atoms with Crippen LogP contribution in [0.25, 0.3) is 0 Å². The average molecular weight is 354 g/mol. The van der Waals surface area contributed by atoms with E-state index in [-0.39, 0.29) is 4.41 Å². The number of sulfonamides is 1. The van der Waals surface area contributed by atoms with Crippen molar-refractivity contribution in [2.45, 2.75) is 17.9 Å². The number of alkyl halides is 1. The zero-order chi connectivity index (χ0) is 17.1. The van der Waals surface area contributed by atoms with Crippen molar-refractivity contribution in [3.05, 3.63) is 44.0 Å². The number of nitro benzene ring substituents is 1. The number of aliphatic hydroxyl groups excluding tert-OH is 1. The highest BCUT2D eigenvalue weighted by molar-refractivity contribution is 7.89. The number of aliphatic hydroxyl groups is 1. The Morgan fingerprint density at radius 1 is 1.36 bits per heavy atom. The summed E-state index contributed by atoms with van der Waals surface area (Å²) >= 11 is 5.30. The molecule has 0 bridgehead atoms. The van der Waals surface area contributed by atoms with E-state index in [4.69, 9.17) is 11.6 Å². The normalized spacial score (nSPS) is 12.7. The molecule has 1 atom stereocenters. The first-order chi connectivity index (χ1) is 10.1. The van der Waals surface area contributed by atoms with E-state index in [2.05, 4.69) is 0 Å². The van der Waals surface area contributed by atoms with Gasteiger partial charge in [0.1, 0.15) is 6.54 Å². The summed E-state index contributed by atoms with van der Waals surface area (Å²) in [6.07, 6.45) is -1.49. The third kappa shape index (κ3) is 3.81. The van der Waals surface area contributed by atoms with Gasteiger partial charge in [-0.3, -0.25) is 10.1 Å². The van der Waals surface area contributed by atoms with Gasteiger partial charge in [-0.15, -0.1) is 11.6 Å². The van der Waals surface area contributed by atoms with Crippen LogP contribution in [0.3, 0.4) is 0 Å². The van der Waals surface area contributed by atoms with E-state index in [0.717, 1.165) is 12.1 Å². The van der Waals surface area contributed by atoms with Gasteiger partial charge in [0.05, 0.1) is 16.9 Å². The van der Waals surface area contributed by atoms with Gasteiger partial charge in [-0.1, -0.05) is 6.07 Å². The lowest BCUT2D eigenvalue weighted by Crippen LogP contribution is -2.42. The Bertz CT molecular complexity index is 694. The fraction of sp³-hybridized carbons (Fsp3) is 0.400. The molecule has 10 nitrogen and oxygen atoms in total. The lowest BCUT2D eigenvalue weighted by Gasteiger charge is -2.16. The Morgan fingerprint density at radius 2 is 1.95 bits per heavy atom. The van der Waals surface area contributed by atoms with Gasteiger partial charge >= 0.3 is 10.0 Å². The second-order valence-corrected chi connectivity index (χ2v) is 6.40. The van der Waals surface area contributed by atoms with Crippen LogP contribution in [0.1, 0.15) is 5.56 Å². The summed E-state index contributed by atoms with van der Waals surface area (Å²) < 4.78 is 24.3. The van der Waals surface area contributed by atoms with Crippen LogP contribution in [0.5, 0.6) is 0 Å². The number of halogens is 1. The number of hydrazine groups is 1. The number of nitrogens with zero attached hydrogens (tertiary/aromatic N) is 3. The van der Waals surface area contributed by atoms with Crippen LogP contribution in [-0.2, 0) is 10.0 Å². The fourth-order valence-corrected chi connectivity index (χ4v) is 3.09. The van der Waals surface area contributed by atoms with E-state index in [0.29, 0.717) is 5.56 Å². The predicted octanol–water partition coefficient (Wildman–Crippen LogP) is 0.685. The molecule has 0 saturated carbocycles. The Morgan fingerprint density at radius 3 is 2.41 bits per heavy atom. The van der Waals surface area contributed by atoms with Crippen LogP contribution in [0.15, 0.2) is 23.1 Å². The van der Waals surface area contributed by atoms with Crippen molar-refractivity contribution in [3.8, 4) is 0 Å². The molecule has 22 heavy (non-hydrogen) atoms. The molecule has 0 aromatic heterocycles. The van der Waals surface area contributed by atoms with Gasteiger partial charge in [-0.05, 0) is 23.0 Å². The van der Waals surface area contributed by atoms with Gasteiger partial charge in [0.25, 0.3) is 5.69 Å². The van der Waals surface area contributed by atoms with Crippen molar-refractivity contribution in [3.63, 3.8) is 0 Å². The molecule has 0 aliphatic carbocycles. The Labute approximate surface area is 130 Å². The van der Waals surface area contributed by atoms with Gasteiger partial charge in [0.2, 0.25) is 0 Å². The highest BCUT2D eigenvalue weighted by atomic mass is 35.5. The van der Waals surface area contributed by atoms with Crippen LogP contribution in [0.2, 0.25) is 0 Å². The molecule has 1 N–H and O–H groups in total. The number of hydrogen-bond acceptors (Lipinski definition) is 7. The van der Waals surface area contributed by atoms with E-state index in [9.17, 15) is 33.8 Å². The van der Waals surface area contributed by atoms with E-state index >= 15 is 0 Å². The number of hydrogen-bond donors (Lipinski definition) is 1. The molecular formula is C10H12ClN3O7S. The van der Waals surface area contributed by atoms with E-state index < -0.39 is 49.1 Å². The predicted molar refractivity (Wildman–Crippen MR) is 75.4 cm³/mol. The van der Waals surface area contributed by atoms with Crippen LogP contribution >= 0.6 is 11.6 Å². The van der Waals surface area contributed by atoms with E-state index in [1.807, 2.05) is 0 Å². The Kier molecular flexibility index (Phi) is 5.63. The fourth-order valence-electron chi connectivity index (χ4n) is 1.58. The van der Waals surface area contributed by atoms with E-state index in [1.54, 1.807) is 0 Å². The molecule has 1 unspecified atom stereocenters. The third-order valence-corrected chi connectivity index (χ3v) is 4.69.